The zero-order valence-electron chi connectivity index (χ0n) is 16.0. The molecule has 1 aromatic rings. The highest BCUT2D eigenvalue weighted by atomic mass is 16.7. The van der Waals surface area contributed by atoms with Crippen LogP contribution >= 0.6 is 0 Å². The predicted molar refractivity (Wildman–Crippen MR) is 101 cm³/mol. The van der Waals surface area contributed by atoms with Gasteiger partial charge in [-0.2, -0.15) is 5.06 Å². The molecule has 4 fully saturated rings. The Morgan fingerprint density at radius 2 is 2.22 bits per heavy atom. The Morgan fingerprint density at radius 1 is 1.37 bits per heavy atom. The van der Waals surface area contributed by atoms with Crippen LogP contribution in [0.15, 0.2) is 29.8 Å². The number of amides is 1. The van der Waals surface area contributed by atoms with Crippen LogP contribution in [-0.2, 0) is 19.8 Å². The monoisotopic (exact) mass is 370 g/mol. The SMILES string of the molecule is C/C=C1/CNC2C[C@@]3(C(=O)N(OC)c4cc(OC)ccc43)[C@@H]3C[C@@H]1C2CO3. The Hall–Kier alpha value is -1.89. The van der Waals surface area contributed by atoms with E-state index in [1.807, 2.05) is 18.2 Å². The summed E-state index contributed by atoms with van der Waals surface area (Å²) in [5.74, 6) is 1.61. The fourth-order valence-corrected chi connectivity index (χ4v) is 5.81. The first-order valence-electron chi connectivity index (χ1n) is 9.71. The second-order valence-corrected chi connectivity index (χ2v) is 8.02. The van der Waals surface area contributed by atoms with E-state index in [4.69, 9.17) is 14.3 Å². The van der Waals surface area contributed by atoms with Crippen LogP contribution in [0.3, 0.4) is 0 Å². The largest absolute Gasteiger partial charge is 0.497 e. The van der Waals surface area contributed by atoms with Gasteiger partial charge in [-0.15, -0.1) is 0 Å². The predicted octanol–water partition coefficient (Wildman–Crippen LogP) is 2.18. The molecule has 4 bridgehead atoms. The van der Waals surface area contributed by atoms with Crippen LogP contribution in [0.2, 0.25) is 0 Å². The number of ether oxygens (including phenoxy) is 2. The van der Waals surface area contributed by atoms with Crippen LogP contribution < -0.4 is 15.1 Å². The topological polar surface area (TPSA) is 60.0 Å². The van der Waals surface area contributed by atoms with Crippen LogP contribution in [0.1, 0.15) is 25.3 Å². The molecular weight excluding hydrogens is 344 g/mol. The van der Waals surface area contributed by atoms with Crippen molar-refractivity contribution in [2.24, 2.45) is 11.8 Å². The number of carbonyl (C=O) groups is 1. The molecule has 27 heavy (non-hydrogen) atoms. The van der Waals surface area contributed by atoms with Gasteiger partial charge in [0.15, 0.2) is 0 Å². The maximum Gasteiger partial charge on any atom is 0.264 e. The number of piperidine rings is 1. The van der Waals surface area contributed by atoms with Crippen molar-refractivity contribution in [3.63, 3.8) is 0 Å². The summed E-state index contributed by atoms with van der Waals surface area (Å²) in [5.41, 5.74) is 2.52. The van der Waals surface area contributed by atoms with Crippen LogP contribution in [-0.4, -0.2) is 45.4 Å². The van der Waals surface area contributed by atoms with Gasteiger partial charge in [0.25, 0.3) is 5.91 Å². The van der Waals surface area contributed by atoms with Gasteiger partial charge in [-0.05, 0) is 37.3 Å². The van der Waals surface area contributed by atoms with Gasteiger partial charge in [-0.1, -0.05) is 17.7 Å². The molecule has 4 aliphatic heterocycles. The standard InChI is InChI=1S/C21H26N2O4/c1-4-12-10-22-17-9-21(19-8-14(12)15(17)11-27-19)16-6-5-13(25-2)7-18(16)23(26-3)20(21)24/h4-7,14-15,17,19,22H,8-11H2,1-3H3/b12-4-/t14-,15?,17?,19-,21-/m0/s1. The third-order valence-corrected chi connectivity index (χ3v) is 7.15. The first-order valence-corrected chi connectivity index (χ1v) is 9.71. The second kappa shape index (κ2) is 6.06. The van der Waals surface area contributed by atoms with Gasteiger partial charge < -0.3 is 14.8 Å². The summed E-state index contributed by atoms with van der Waals surface area (Å²) in [5, 5.41) is 5.12. The number of hydrogen-bond donors (Lipinski definition) is 1. The molecule has 1 aliphatic carbocycles. The molecule has 1 aromatic carbocycles. The number of nitrogens with zero attached hydrogens (tertiary/aromatic N) is 1. The Kier molecular flexibility index (Phi) is 3.86. The summed E-state index contributed by atoms with van der Waals surface area (Å²) >= 11 is 0. The lowest BCUT2D eigenvalue weighted by molar-refractivity contribution is -0.137. The van der Waals surface area contributed by atoms with Crippen molar-refractivity contribution in [3.8, 4) is 5.75 Å². The number of allylic oxidation sites excluding steroid dienone is 1. The van der Waals surface area contributed by atoms with E-state index in [-0.39, 0.29) is 18.1 Å². The van der Waals surface area contributed by atoms with E-state index < -0.39 is 5.41 Å². The summed E-state index contributed by atoms with van der Waals surface area (Å²) in [4.78, 5) is 19.2. The Labute approximate surface area is 159 Å². The highest BCUT2D eigenvalue weighted by molar-refractivity contribution is 6.07. The van der Waals surface area contributed by atoms with Crippen molar-refractivity contribution in [2.75, 3.05) is 32.4 Å². The molecule has 6 rings (SSSR count). The van der Waals surface area contributed by atoms with Crippen molar-refractivity contribution in [2.45, 2.75) is 37.3 Å². The second-order valence-electron chi connectivity index (χ2n) is 8.02. The molecule has 5 aliphatic rings. The zero-order chi connectivity index (χ0) is 18.8. The normalized spacial score (nSPS) is 38.4. The molecule has 1 spiro atoms. The average Bonchev–Trinajstić information content (AvgIpc) is 2.80. The van der Waals surface area contributed by atoms with Gasteiger partial charge in [-0.3, -0.25) is 9.63 Å². The molecule has 2 unspecified atom stereocenters. The highest BCUT2D eigenvalue weighted by Gasteiger charge is 2.63. The third kappa shape index (κ3) is 2.15. The van der Waals surface area contributed by atoms with E-state index in [0.29, 0.717) is 24.2 Å². The number of fused-ring (bicyclic) bond motifs is 2. The van der Waals surface area contributed by atoms with Crippen molar-refractivity contribution in [1.29, 1.82) is 0 Å². The number of carbonyl (C=O) groups excluding carboxylic acids is 1. The molecule has 6 heteroatoms. The minimum Gasteiger partial charge on any atom is -0.497 e. The number of hydrogen-bond acceptors (Lipinski definition) is 5. The summed E-state index contributed by atoms with van der Waals surface area (Å²) < 4.78 is 11.7. The van der Waals surface area contributed by atoms with Gasteiger partial charge in [0, 0.05) is 24.6 Å². The van der Waals surface area contributed by atoms with Crippen molar-refractivity contribution < 1.29 is 19.1 Å². The molecule has 1 N–H and O–H groups in total. The highest BCUT2D eigenvalue weighted by Crippen LogP contribution is 2.56. The fourth-order valence-electron chi connectivity index (χ4n) is 5.81. The van der Waals surface area contributed by atoms with Crippen molar-refractivity contribution in [1.82, 2.24) is 5.32 Å². The summed E-state index contributed by atoms with van der Waals surface area (Å²) in [6.45, 7) is 3.72. The van der Waals surface area contributed by atoms with E-state index in [0.717, 1.165) is 30.6 Å². The number of rotatable bonds is 2. The van der Waals surface area contributed by atoms with Gasteiger partial charge in [0.05, 0.1) is 32.6 Å². The minimum atomic E-state index is -0.706. The van der Waals surface area contributed by atoms with E-state index >= 15 is 0 Å². The Bertz CT molecular complexity index is 822. The van der Waals surface area contributed by atoms with Gasteiger partial charge in [0.2, 0.25) is 0 Å². The molecule has 1 saturated carbocycles. The van der Waals surface area contributed by atoms with Crippen molar-refractivity contribution >= 4 is 11.6 Å². The summed E-state index contributed by atoms with van der Waals surface area (Å²) in [6.07, 6.45) is 3.72. The minimum absolute atomic E-state index is 0.0183. The first-order chi connectivity index (χ1) is 13.1. The average molecular weight is 370 g/mol. The maximum absolute atomic E-state index is 13.7. The third-order valence-electron chi connectivity index (χ3n) is 7.15. The van der Waals surface area contributed by atoms with Crippen LogP contribution in [0.5, 0.6) is 5.75 Å². The maximum atomic E-state index is 13.7. The molecule has 0 radical (unpaired) electrons. The van der Waals surface area contributed by atoms with Gasteiger partial charge in [-0.25, -0.2) is 0 Å². The lowest BCUT2D eigenvalue weighted by atomic mass is 9.72. The molecule has 5 atom stereocenters. The Balaban J connectivity index is 1.67. The lowest BCUT2D eigenvalue weighted by Crippen LogP contribution is -2.50. The molecule has 0 aromatic heterocycles. The van der Waals surface area contributed by atoms with E-state index in [9.17, 15) is 4.79 Å². The first kappa shape index (κ1) is 17.2. The molecule has 1 amide bonds. The molecule has 144 valence electrons. The van der Waals surface area contributed by atoms with Crippen molar-refractivity contribution in [3.05, 3.63) is 35.4 Å². The smallest absolute Gasteiger partial charge is 0.264 e. The van der Waals surface area contributed by atoms with Crippen LogP contribution in [0.4, 0.5) is 5.69 Å². The zero-order valence-corrected chi connectivity index (χ0v) is 16.0. The quantitative estimate of drug-likeness (QED) is 0.809. The Morgan fingerprint density at radius 3 is 2.96 bits per heavy atom. The van der Waals surface area contributed by atoms with Gasteiger partial charge >= 0.3 is 0 Å². The lowest BCUT2D eigenvalue weighted by Gasteiger charge is -2.42. The van der Waals surface area contributed by atoms with E-state index in [1.165, 1.54) is 10.6 Å². The van der Waals surface area contributed by atoms with Crippen LogP contribution in [0.25, 0.3) is 0 Å². The number of nitrogens with one attached hydrogen (secondary N) is 1. The van der Waals surface area contributed by atoms with E-state index in [2.05, 4.69) is 18.3 Å². The molecule has 4 heterocycles. The molecule has 6 nitrogen and oxygen atoms in total. The molecule has 3 saturated heterocycles. The number of benzene rings is 1. The summed E-state index contributed by atoms with van der Waals surface area (Å²) in [7, 11) is 3.18. The number of anilines is 1. The fraction of sp³-hybridized carbons (Fsp3) is 0.571. The number of hydroxylamine groups is 1. The number of methoxy groups -OCH3 is 1. The molecular formula is C21H26N2O4. The van der Waals surface area contributed by atoms with E-state index in [1.54, 1.807) is 14.2 Å². The summed E-state index contributed by atoms with van der Waals surface area (Å²) in [6, 6.07) is 6.11. The van der Waals surface area contributed by atoms with Gasteiger partial charge in [0.1, 0.15) is 11.2 Å². The van der Waals surface area contributed by atoms with Crippen LogP contribution in [0, 0.1) is 11.8 Å².